The molecule has 0 spiro atoms. The van der Waals surface area contributed by atoms with Gasteiger partial charge in [-0.1, -0.05) is 49.4 Å². The number of halogens is 1. The molecule has 2 aromatic rings. The molecule has 0 heterocycles. The van der Waals surface area contributed by atoms with Gasteiger partial charge in [-0.05, 0) is 40.2 Å². The molecule has 0 amide bonds. The summed E-state index contributed by atoms with van der Waals surface area (Å²) in [6.45, 7) is 4.71. The lowest BCUT2D eigenvalue weighted by Crippen LogP contribution is -2.35. The first kappa shape index (κ1) is 17.0. The molecule has 1 atom stereocenters. The summed E-state index contributed by atoms with van der Waals surface area (Å²) >= 11 is 3.44. The van der Waals surface area contributed by atoms with Gasteiger partial charge in [-0.25, -0.2) is 0 Å². The van der Waals surface area contributed by atoms with Crippen LogP contribution in [0, 0.1) is 0 Å². The summed E-state index contributed by atoms with van der Waals surface area (Å²) in [4.78, 5) is 2.21. The Kier molecular flexibility index (Phi) is 6.90. The minimum absolute atomic E-state index is 0.286. The van der Waals surface area contributed by atoms with Crippen LogP contribution in [0.15, 0.2) is 59.1 Å². The first-order valence-corrected chi connectivity index (χ1v) is 8.30. The highest BCUT2D eigenvalue weighted by Crippen LogP contribution is 2.23. The van der Waals surface area contributed by atoms with Crippen molar-refractivity contribution in [1.29, 1.82) is 0 Å². The number of aliphatic hydroxyl groups excluding tert-OH is 1. The summed E-state index contributed by atoms with van der Waals surface area (Å²) in [5, 5.41) is 10.2. The number of hydrogen-bond acceptors (Lipinski definition) is 3. The highest BCUT2D eigenvalue weighted by atomic mass is 79.9. The van der Waals surface area contributed by atoms with Crippen LogP contribution in [0.4, 0.5) is 0 Å². The van der Waals surface area contributed by atoms with Gasteiger partial charge in [0.05, 0.1) is 4.47 Å². The van der Waals surface area contributed by atoms with Crippen LogP contribution in [0.5, 0.6) is 5.75 Å². The van der Waals surface area contributed by atoms with Crippen molar-refractivity contribution < 1.29 is 9.84 Å². The minimum atomic E-state index is -0.518. The Morgan fingerprint density at radius 2 is 1.77 bits per heavy atom. The van der Waals surface area contributed by atoms with E-state index in [0.717, 1.165) is 23.3 Å². The van der Waals surface area contributed by atoms with Crippen molar-refractivity contribution in [1.82, 2.24) is 4.90 Å². The van der Waals surface area contributed by atoms with Crippen LogP contribution in [0.25, 0.3) is 0 Å². The summed E-state index contributed by atoms with van der Waals surface area (Å²) < 4.78 is 6.57. The van der Waals surface area contributed by atoms with Gasteiger partial charge in [-0.2, -0.15) is 0 Å². The zero-order valence-corrected chi connectivity index (χ0v) is 14.4. The Labute approximate surface area is 140 Å². The van der Waals surface area contributed by atoms with Crippen LogP contribution in [0.1, 0.15) is 12.5 Å². The van der Waals surface area contributed by atoms with Crippen molar-refractivity contribution in [3.8, 4) is 5.75 Å². The van der Waals surface area contributed by atoms with E-state index in [9.17, 15) is 5.11 Å². The Bertz CT molecular complexity index is 562. The maximum Gasteiger partial charge on any atom is 0.133 e. The summed E-state index contributed by atoms with van der Waals surface area (Å²) in [5.74, 6) is 0.757. The van der Waals surface area contributed by atoms with Crippen molar-refractivity contribution >= 4 is 15.9 Å². The Hall–Kier alpha value is -1.36. The van der Waals surface area contributed by atoms with Crippen molar-refractivity contribution in [3.05, 3.63) is 64.6 Å². The quantitative estimate of drug-likeness (QED) is 0.775. The molecule has 2 rings (SSSR count). The first-order chi connectivity index (χ1) is 10.7. The van der Waals surface area contributed by atoms with Crippen molar-refractivity contribution in [2.45, 2.75) is 19.6 Å². The summed E-state index contributed by atoms with van der Waals surface area (Å²) in [7, 11) is 0. The maximum atomic E-state index is 10.2. The lowest BCUT2D eigenvalue weighted by molar-refractivity contribution is 0.0672. The summed E-state index contributed by atoms with van der Waals surface area (Å²) in [5.41, 5.74) is 1.25. The van der Waals surface area contributed by atoms with E-state index in [1.807, 2.05) is 42.5 Å². The standard InChI is InChI=1S/C18H22BrNO2/c1-2-20(12-15-8-4-3-5-9-15)13-16(21)14-22-18-11-7-6-10-17(18)19/h3-11,16,21H,2,12-14H2,1H3. The lowest BCUT2D eigenvalue weighted by Gasteiger charge is -2.24. The van der Waals surface area contributed by atoms with E-state index in [2.05, 4.69) is 39.9 Å². The van der Waals surface area contributed by atoms with Crippen molar-refractivity contribution in [3.63, 3.8) is 0 Å². The van der Waals surface area contributed by atoms with Crippen LogP contribution in [0.2, 0.25) is 0 Å². The second-order valence-corrected chi connectivity index (χ2v) is 6.06. The summed E-state index contributed by atoms with van der Waals surface area (Å²) in [6, 6.07) is 18.0. The average Bonchev–Trinajstić information content (AvgIpc) is 2.54. The number of benzene rings is 2. The molecule has 0 saturated carbocycles. The largest absolute Gasteiger partial charge is 0.490 e. The minimum Gasteiger partial charge on any atom is -0.490 e. The maximum absolute atomic E-state index is 10.2. The van der Waals surface area contributed by atoms with Crippen LogP contribution in [0.3, 0.4) is 0 Å². The molecule has 0 aliphatic rings. The van der Waals surface area contributed by atoms with E-state index >= 15 is 0 Å². The smallest absolute Gasteiger partial charge is 0.133 e. The molecule has 0 aliphatic carbocycles. The SMILES string of the molecule is CCN(Cc1ccccc1)CC(O)COc1ccccc1Br. The third-order valence-corrected chi connectivity index (χ3v) is 4.09. The van der Waals surface area contributed by atoms with Crippen LogP contribution in [-0.4, -0.2) is 35.8 Å². The fraction of sp³-hybridized carbons (Fsp3) is 0.333. The van der Waals surface area contributed by atoms with Crippen LogP contribution < -0.4 is 4.74 Å². The van der Waals surface area contributed by atoms with Gasteiger partial charge in [0.2, 0.25) is 0 Å². The molecule has 22 heavy (non-hydrogen) atoms. The zero-order chi connectivity index (χ0) is 15.8. The fourth-order valence-corrected chi connectivity index (χ4v) is 2.64. The molecule has 1 unspecified atom stereocenters. The Morgan fingerprint density at radius 3 is 2.45 bits per heavy atom. The lowest BCUT2D eigenvalue weighted by atomic mass is 10.2. The van der Waals surface area contributed by atoms with E-state index in [1.165, 1.54) is 5.56 Å². The Balaban J connectivity index is 1.82. The van der Waals surface area contributed by atoms with Gasteiger partial charge in [0.15, 0.2) is 0 Å². The molecular weight excluding hydrogens is 342 g/mol. The van der Waals surface area contributed by atoms with Crippen LogP contribution in [-0.2, 0) is 6.54 Å². The summed E-state index contributed by atoms with van der Waals surface area (Å²) in [6.07, 6.45) is -0.518. The van der Waals surface area contributed by atoms with Gasteiger partial charge in [0.1, 0.15) is 18.5 Å². The number of aliphatic hydroxyl groups is 1. The first-order valence-electron chi connectivity index (χ1n) is 7.50. The molecule has 0 bridgehead atoms. The topological polar surface area (TPSA) is 32.7 Å². The number of rotatable bonds is 8. The van der Waals surface area contributed by atoms with E-state index < -0.39 is 6.10 Å². The number of hydrogen-bond donors (Lipinski definition) is 1. The van der Waals surface area contributed by atoms with E-state index in [4.69, 9.17) is 4.74 Å². The molecule has 3 nitrogen and oxygen atoms in total. The molecule has 2 aromatic carbocycles. The fourth-order valence-electron chi connectivity index (χ4n) is 2.25. The normalized spacial score (nSPS) is 12.4. The third kappa shape index (κ3) is 5.44. The molecule has 0 radical (unpaired) electrons. The Morgan fingerprint density at radius 1 is 1.09 bits per heavy atom. The van der Waals surface area contributed by atoms with Crippen molar-refractivity contribution in [2.75, 3.05) is 19.7 Å². The molecule has 0 saturated heterocycles. The van der Waals surface area contributed by atoms with Gasteiger partial charge in [-0.3, -0.25) is 4.90 Å². The second kappa shape index (κ2) is 8.93. The molecule has 4 heteroatoms. The van der Waals surface area contributed by atoms with E-state index in [0.29, 0.717) is 6.54 Å². The molecule has 0 fully saturated rings. The van der Waals surface area contributed by atoms with Gasteiger partial charge in [-0.15, -0.1) is 0 Å². The predicted octanol–water partition coefficient (Wildman–Crippen LogP) is 3.71. The van der Waals surface area contributed by atoms with Gasteiger partial charge >= 0.3 is 0 Å². The zero-order valence-electron chi connectivity index (χ0n) is 12.8. The van der Waals surface area contributed by atoms with Gasteiger partial charge in [0, 0.05) is 13.1 Å². The van der Waals surface area contributed by atoms with Crippen molar-refractivity contribution in [2.24, 2.45) is 0 Å². The van der Waals surface area contributed by atoms with Gasteiger partial charge < -0.3 is 9.84 Å². The molecule has 0 aromatic heterocycles. The molecular formula is C18H22BrNO2. The van der Waals surface area contributed by atoms with E-state index in [-0.39, 0.29) is 6.61 Å². The number of ether oxygens (including phenoxy) is 1. The highest BCUT2D eigenvalue weighted by Gasteiger charge is 2.12. The molecule has 1 N–H and O–H groups in total. The van der Waals surface area contributed by atoms with E-state index in [1.54, 1.807) is 0 Å². The monoisotopic (exact) mass is 363 g/mol. The number of para-hydroxylation sites is 1. The number of nitrogens with zero attached hydrogens (tertiary/aromatic N) is 1. The van der Waals surface area contributed by atoms with Crippen LogP contribution >= 0.6 is 15.9 Å². The number of likely N-dealkylation sites (N-methyl/N-ethyl adjacent to an activating group) is 1. The average molecular weight is 364 g/mol. The molecule has 0 aliphatic heterocycles. The molecule has 118 valence electrons. The predicted molar refractivity (Wildman–Crippen MR) is 93.0 cm³/mol. The third-order valence-electron chi connectivity index (χ3n) is 3.43. The highest BCUT2D eigenvalue weighted by molar-refractivity contribution is 9.10. The second-order valence-electron chi connectivity index (χ2n) is 5.21. The van der Waals surface area contributed by atoms with Gasteiger partial charge in [0.25, 0.3) is 0 Å².